The number of benzene rings is 1. The number of aromatic nitrogens is 2. The number of halogens is 3. The van der Waals surface area contributed by atoms with E-state index in [1.165, 1.54) is 0 Å². The number of hydrogen-bond donors (Lipinski definition) is 2. The molecule has 0 amide bonds. The Bertz CT molecular complexity index is 480. The minimum atomic E-state index is -4.54. The minimum absolute atomic E-state index is 0.277. The molecule has 0 fully saturated rings. The Hall–Kier alpha value is -1.56. The van der Waals surface area contributed by atoms with Crippen molar-refractivity contribution in [3.05, 3.63) is 30.1 Å². The fraction of sp³-hybridized carbons (Fsp3) is 0.300. The zero-order valence-corrected chi connectivity index (χ0v) is 8.47. The summed E-state index contributed by atoms with van der Waals surface area (Å²) in [4.78, 5) is 6.44. The molecular weight excluding hydrogens is 219 g/mol. The van der Waals surface area contributed by atoms with Gasteiger partial charge in [-0.25, -0.2) is 4.98 Å². The molecule has 0 bridgehead atoms. The number of alkyl halides is 3. The van der Waals surface area contributed by atoms with E-state index < -0.39 is 11.7 Å². The summed E-state index contributed by atoms with van der Waals surface area (Å²) in [6.07, 6.45) is -4.54. The number of nitrogens with two attached hydrogens (primary N) is 1. The van der Waals surface area contributed by atoms with Crippen LogP contribution in [0.1, 0.15) is 12.7 Å². The predicted molar refractivity (Wildman–Crippen MR) is 53.7 cm³/mol. The lowest BCUT2D eigenvalue weighted by Crippen LogP contribution is -2.48. The first-order chi connectivity index (χ1) is 7.32. The standard InChI is InChI=1S/C10H10F3N3/c1-9(14,10(11,12)13)8-15-6-4-2-3-5-7(6)16-8/h2-5H,14H2,1H3,(H,15,16). The lowest BCUT2D eigenvalue weighted by molar-refractivity contribution is -0.186. The van der Waals surface area contributed by atoms with Crippen molar-refractivity contribution in [2.45, 2.75) is 18.6 Å². The minimum Gasteiger partial charge on any atom is -0.340 e. The molecule has 2 aromatic rings. The maximum absolute atomic E-state index is 12.7. The zero-order valence-electron chi connectivity index (χ0n) is 8.47. The van der Waals surface area contributed by atoms with Crippen LogP contribution in [0.2, 0.25) is 0 Å². The summed E-state index contributed by atoms with van der Waals surface area (Å²) in [6.45, 7) is 0.894. The second kappa shape index (κ2) is 3.21. The molecule has 3 N–H and O–H groups in total. The summed E-state index contributed by atoms with van der Waals surface area (Å²) in [6, 6.07) is 6.69. The number of nitrogens with one attached hydrogen (secondary N) is 1. The molecule has 0 aliphatic rings. The fourth-order valence-electron chi connectivity index (χ4n) is 1.33. The Balaban J connectivity index is 2.56. The second-order valence-corrected chi connectivity index (χ2v) is 3.80. The molecule has 6 heteroatoms. The summed E-state index contributed by atoms with van der Waals surface area (Å²) >= 11 is 0. The van der Waals surface area contributed by atoms with Crippen LogP contribution in [0.4, 0.5) is 13.2 Å². The highest BCUT2D eigenvalue weighted by Crippen LogP contribution is 2.35. The number of hydrogen-bond acceptors (Lipinski definition) is 2. The van der Waals surface area contributed by atoms with Crippen LogP contribution in [0.15, 0.2) is 24.3 Å². The zero-order chi connectivity index (χ0) is 12.0. The molecule has 1 atom stereocenters. The highest BCUT2D eigenvalue weighted by atomic mass is 19.4. The van der Waals surface area contributed by atoms with Gasteiger partial charge in [-0.2, -0.15) is 13.2 Å². The Morgan fingerprint density at radius 3 is 2.44 bits per heavy atom. The van der Waals surface area contributed by atoms with Gasteiger partial charge in [-0.3, -0.25) is 0 Å². The summed E-state index contributed by atoms with van der Waals surface area (Å²) in [5.41, 5.74) is 3.80. The molecule has 86 valence electrons. The lowest BCUT2D eigenvalue weighted by Gasteiger charge is -2.24. The van der Waals surface area contributed by atoms with E-state index in [1.54, 1.807) is 24.3 Å². The number of imidazole rings is 1. The average molecular weight is 229 g/mol. The molecule has 1 unspecified atom stereocenters. The van der Waals surface area contributed by atoms with Crippen LogP contribution >= 0.6 is 0 Å². The lowest BCUT2D eigenvalue weighted by atomic mass is 10.0. The van der Waals surface area contributed by atoms with Crippen molar-refractivity contribution in [3.63, 3.8) is 0 Å². The van der Waals surface area contributed by atoms with Gasteiger partial charge < -0.3 is 10.7 Å². The number of nitrogens with zero attached hydrogens (tertiary/aromatic N) is 1. The van der Waals surface area contributed by atoms with E-state index in [9.17, 15) is 13.2 Å². The molecule has 0 aliphatic heterocycles. The van der Waals surface area contributed by atoms with Crippen LogP contribution in [0.25, 0.3) is 11.0 Å². The molecule has 0 saturated carbocycles. The quantitative estimate of drug-likeness (QED) is 0.788. The van der Waals surface area contributed by atoms with Crippen LogP contribution in [0.5, 0.6) is 0 Å². The molecule has 3 nitrogen and oxygen atoms in total. The average Bonchev–Trinajstić information content (AvgIpc) is 2.59. The first kappa shape index (κ1) is 10.9. The van der Waals surface area contributed by atoms with Gasteiger partial charge in [-0.05, 0) is 19.1 Å². The van der Waals surface area contributed by atoms with E-state index in [-0.39, 0.29) is 5.82 Å². The highest BCUT2D eigenvalue weighted by Gasteiger charge is 2.51. The van der Waals surface area contributed by atoms with E-state index in [1.807, 2.05) is 0 Å². The summed E-state index contributed by atoms with van der Waals surface area (Å²) in [5.74, 6) is -0.277. The van der Waals surface area contributed by atoms with Gasteiger partial charge in [-0.1, -0.05) is 12.1 Å². The molecular formula is C10H10F3N3. The van der Waals surface area contributed by atoms with Crippen molar-refractivity contribution in [2.75, 3.05) is 0 Å². The summed E-state index contributed by atoms with van der Waals surface area (Å²) in [5, 5.41) is 0. The number of para-hydroxylation sites is 2. The Kier molecular flexibility index (Phi) is 2.20. The fourth-order valence-corrected chi connectivity index (χ4v) is 1.33. The van der Waals surface area contributed by atoms with Gasteiger partial charge in [0.15, 0.2) is 5.54 Å². The molecule has 0 spiro atoms. The molecule has 1 aromatic heterocycles. The van der Waals surface area contributed by atoms with E-state index in [0.29, 0.717) is 11.0 Å². The van der Waals surface area contributed by atoms with Crippen molar-refractivity contribution < 1.29 is 13.2 Å². The number of fused-ring (bicyclic) bond motifs is 1. The Morgan fingerprint density at radius 2 is 1.88 bits per heavy atom. The van der Waals surface area contributed by atoms with E-state index in [0.717, 1.165) is 6.92 Å². The largest absolute Gasteiger partial charge is 0.413 e. The molecule has 0 radical (unpaired) electrons. The van der Waals surface area contributed by atoms with Crippen molar-refractivity contribution in [3.8, 4) is 0 Å². The van der Waals surface area contributed by atoms with E-state index >= 15 is 0 Å². The predicted octanol–water partition coefficient (Wildman–Crippen LogP) is 2.30. The monoisotopic (exact) mass is 229 g/mol. The van der Waals surface area contributed by atoms with Gasteiger partial charge in [0.2, 0.25) is 0 Å². The van der Waals surface area contributed by atoms with Crippen LogP contribution in [-0.2, 0) is 5.54 Å². The smallest absolute Gasteiger partial charge is 0.340 e. The van der Waals surface area contributed by atoms with Crippen molar-refractivity contribution in [1.29, 1.82) is 0 Å². The molecule has 1 heterocycles. The maximum Gasteiger partial charge on any atom is 0.413 e. The molecule has 2 rings (SSSR count). The number of H-pyrrole nitrogens is 1. The maximum atomic E-state index is 12.7. The van der Waals surface area contributed by atoms with Crippen LogP contribution in [-0.4, -0.2) is 16.1 Å². The topological polar surface area (TPSA) is 54.7 Å². The van der Waals surface area contributed by atoms with Gasteiger partial charge >= 0.3 is 6.18 Å². The Morgan fingerprint density at radius 1 is 1.25 bits per heavy atom. The third kappa shape index (κ3) is 1.55. The van der Waals surface area contributed by atoms with Crippen LogP contribution < -0.4 is 5.73 Å². The van der Waals surface area contributed by atoms with Gasteiger partial charge in [0.1, 0.15) is 5.82 Å². The molecule has 0 saturated heterocycles. The van der Waals surface area contributed by atoms with Crippen molar-refractivity contribution in [2.24, 2.45) is 5.73 Å². The normalized spacial score (nSPS) is 16.3. The van der Waals surface area contributed by atoms with Crippen LogP contribution in [0, 0.1) is 0 Å². The summed E-state index contributed by atoms with van der Waals surface area (Å²) in [7, 11) is 0. The van der Waals surface area contributed by atoms with Crippen molar-refractivity contribution in [1.82, 2.24) is 9.97 Å². The first-order valence-electron chi connectivity index (χ1n) is 4.63. The van der Waals surface area contributed by atoms with Gasteiger partial charge in [-0.15, -0.1) is 0 Å². The molecule has 1 aromatic carbocycles. The molecule has 16 heavy (non-hydrogen) atoms. The van der Waals surface area contributed by atoms with E-state index in [4.69, 9.17) is 5.73 Å². The number of aromatic amines is 1. The Labute approximate surface area is 89.5 Å². The number of rotatable bonds is 1. The van der Waals surface area contributed by atoms with Gasteiger partial charge in [0.25, 0.3) is 0 Å². The molecule has 0 aliphatic carbocycles. The highest BCUT2D eigenvalue weighted by molar-refractivity contribution is 5.74. The van der Waals surface area contributed by atoms with Crippen molar-refractivity contribution >= 4 is 11.0 Å². The SMILES string of the molecule is CC(N)(c1nc2ccccc2[nH]1)C(F)(F)F. The van der Waals surface area contributed by atoms with Gasteiger partial charge in [0, 0.05) is 0 Å². The van der Waals surface area contributed by atoms with Gasteiger partial charge in [0.05, 0.1) is 11.0 Å². The third-order valence-electron chi connectivity index (χ3n) is 2.47. The third-order valence-corrected chi connectivity index (χ3v) is 2.47. The van der Waals surface area contributed by atoms with E-state index in [2.05, 4.69) is 9.97 Å². The van der Waals surface area contributed by atoms with Crippen LogP contribution in [0.3, 0.4) is 0 Å². The summed E-state index contributed by atoms with van der Waals surface area (Å²) < 4.78 is 38.0. The first-order valence-corrected chi connectivity index (χ1v) is 4.63. The second-order valence-electron chi connectivity index (χ2n) is 3.80.